The maximum Gasteiger partial charge on any atom is 0.246 e. The number of likely N-dealkylation sites (tertiary alicyclic amines) is 1. The van der Waals surface area contributed by atoms with Gasteiger partial charge in [0.1, 0.15) is 24.4 Å². The molecule has 4 amide bonds. The second kappa shape index (κ2) is 19.5. The van der Waals surface area contributed by atoms with Gasteiger partial charge in [0.25, 0.3) is 0 Å². The molecule has 3 aromatic rings. The van der Waals surface area contributed by atoms with Crippen molar-refractivity contribution in [2.45, 2.75) is 116 Å². The van der Waals surface area contributed by atoms with Gasteiger partial charge in [0.15, 0.2) is 0 Å². The Morgan fingerprint density at radius 1 is 1.07 bits per heavy atom. The molecule has 0 spiro atoms. The number of hydrogen-bond acceptors (Lipinski definition) is 9. The van der Waals surface area contributed by atoms with Gasteiger partial charge in [-0.2, -0.15) is 0 Å². The molecule has 0 unspecified atom stereocenters. The Morgan fingerprint density at radius 3 is 2.44 bits per heavy atom. The minimum absolute atomic E-state index is 0.00893. The molecule has 12 nitrogen and oxygen atoms in total. The fraction of sp³-hybridized carbons (Fsp3) is 0.525. The van der Waals surface area contributed by atoms with Crippen molar-refractivity contribution in [3.05, 3.63) is 69.8 Å². The van der Waals surface area contributed by atoms with Gasteiger partial charge in [-0.3, -0.25) is 19.2 Å². The molecule has 7 N–H and O–H groups in total. The van der Waals surface area contributed by atoms with Gasteiger partial charge < -0.3 is 36.8 Å². The van der Waals surface area contributed by atoms with Gasteiger partial charge in [0, 0.05) is 36.9 Å². The zero-order chi connectivity index (χ0) is 39.6. The number of ether oxygens (including phenoxy) is 1. The van der Waals surface area contributed by atoms with Crippen LogP contribution in [-0.2, 0) is 25.6 Å². The number of nitrogens with two attached hydrogens (primary N) is 2. The average Bonchev–Trinajstić information content (AvgIpc) is 3.72. The zero-order valence-corrected chi connectivity index (χ0v) is 33.5. The largest absolute Gasteiger partial charge is 0.492 e. The van der Waals surface area contributed by atoms with Gasteiger partial charge in [0.2, 0.25) is 23.6 Å². The molecule has 1 aromatic heterocycles. The maximum absolute atomic E-state index is 14.0. The smallest absolute Gasteiger partial charge is 0.246 e. The SMILES string of the molecule is Cc1ncsc1-c1ccc([C@H](C)NC(=O)[C@@H]2C[C@@H](O)CN2C(=O)[C@@H](NC(=O)CCCCCc2cc(Cl)cc(OC[C@@H](N)CCC(N)=O)c2)C(C)(C)C)cc1. The molecule has 2 heterocycles. The van der Waals surface area contributed by atoms with Crippen molar-refractivity contribution >= 4 is 46.6 Å². The monoisotopic (exact) mass is 782 g/mol. The van der Waals surface area contributed by atoms with Crippen molar-refractivity contribution < 1.29 is 29.0 Å². The molecular formula is C40H55ClN6O6S. The van der Waals surface area contributed by atoms with Crippen molar-refractivity contribution in [1.29, 1.82) is 0 Å². The predicted octanol–water partition coefficient (Wildman–Crippen LogP) is 5.22. The number of nitrogens with one attached hydrogen (secondary N) is 2. The molecule has 5 atom stereocenters. The second-order valence-corrected chi connectivity index (χ2v) is 16.6. The number of unbranched alkanes of at least 4 members (excludes halogenated alkanes) is 2. The standard InChI is InChI=1S/C40H55ClN6O6S/c1-24(27-11-13-28(14-12-27)36-25(2)44-23-54-36)45-38(51)33-20-31(48)21-47(33)39(52)37(40(3,4)5)46-35(50)10-8-6-7-9-26-17-29(41)19-32(18-26)53-22-30(42)15-16-34(43)49/h11-14,17-19,23-24,30-31,33,37,48H,6-10,15-16,20-22,42H2,1-5H3,(H2,43,49)(H,45,51)(H,46,50)/t24-,30-,31+,33-,37+/m0/s1. The van der Waals surface area contributed by atoms with Crippen LogP contribution in [0.2, 0.25) is 5.02 Å². The Kier molecular flexibility index (Phi) is 15.4. The van der Waals surface area contributed by atoms with E-state index in [9.17, 15) is 24.3 Å². The zero-order valence-electron chi connectivity index (χ0n) is 31.9. The van der Waals surface area contributed by atoms with E-state index in [0.717, 1.165) is 46.5 Å². The topological polar surface area (TPSA) is 190 Å². The highest BCUT2D eigenvalue weighted by molar-refractivity contribution is 7.13. The van der Waals surface area contributed by atoms with E-state index in [-0.39, 0.29) is 56.3 Å². The van der Waals surface area contributed by atoms with Crippen molar-refractivity contribution in [1.82, 2.24) is 20.5 Å². The highest BCUT2D eigenvalue weighted by Gasteiger charge is 2.44. The number of benzene rings is 2. The number of aliphatic hydroxyl groups is 1. The Bertz CT molecular complexity index is 1740. The summed E-state index contributed by atoms with van der Waals surface area (Å²) in [6, 6.07) is 11.0. The van der Waals surface area contributed by atoms with Crippen molar-refractivity contribution in [2.75, 3.05) is 13.2 Å². The summed E-state index contributed by atoms with van der Waals surface area (Å²) in [6.45, 7) is 9.71. The Morgan fingerprint density at radius 2 is 1.80 bits per heavy atom. The van der Waals surface area contributed by atoms with Gasteiger partial charge in [-0.15, -0.1) is 11.3 Å². The molecular weight excluding hydrogens is 728 g/mol. The van der Waals surface area contributed by atoms with Crippen LogP contribution in [0.4, 0.5) is 0 Å². The number of primary amides is 1. The number of aryl methyl sites for hydroxylation is 2. The lowest BCUT2D eigenvalue weighted by Crippen LogP contribution is -2.57. The molecule has 294 valence electrons. The first-order chi connectivity index (χ1) is 25.5. The molecule has 0 bridgehead atoms. The summed E-state index contributed by atoms with van der Waals surface area (Å²) in [5.41, 5.74) is 16.3. The number of nitrogens with zero attached hydrogens (tertiary/aromatic N) is 2. The van der Waals surface area contributed by atoms with Crippen molar-refractivity contribution in [2.24, 2.45) is 16.9 Å². The molecule has 1 saturated heterocycles. The minimum atomic E-state index is -0.889. The molecule has 1 fully saturated rings. The van der Waals surface area contributed by atoms with Gasteiger partial charge in [-0.05, 0) is 79.8 Å². The van der Waals surface area contributed by atoms with E-state index < -0.39 is 35.4 Å². The van der Waals surface area contributed by atoms with Gasteiger partial charge in [-0.25, -0.2) is 4.98 Å². The molecule has 0 saturated carbocycles. The molecule has 1 aliphatic rings. The predicted molar refractivity (Wildman–Crippen MR) is 212 cm³/mol. The number of rotatable bonds is 18. The number of hydrogen-bond donors (Lipinski definition) is 5. The molecule has 2 aromatic carbocycles. The van der Waals surface area contributed by atoms with Gasteiger partial charge in [0.05, 0.1) is 28.2 Å². The quantitative estimate of drug-likeness (QED) is 0.109. The van der Waals surface area contributed by atoms with Crippen LogP contribution >= 0.6 is 22.9 Å². The van der Waals surface area contributed by atoms with Crippen molar-refractivity contribution in [3.8, 4) is 16.2 Å². The first kappa shape index (κ1) is 42.7. The van der Waals surface area contributed by atoms with Crippen LogP contribution in [0.1, 0.15) is 95.5 Å². The summed E-state index contributed by atoms with van der Waals surface area (Å²) in [7, 11) is 0. The average molecular weight is 783 g/mol. The van der Waals surface area contributed by atoms with E-state index in [2.05, 4.69) is 15.6 Å². The fourth-order valence-electron chi connectivity index (χ4n) is 6.50. The lowest BCUT2D eigenvalue weighted by Gasteiger charge is -2.35. The van der Waals surface area contributed by atoms with Crippen LogP contribution in [0.3, 0.4) is 0 Å². The third-order valence-corrected chi connectivity index (χ3v) is 10.8. The first-order valence-electron chi connectivity index (χ1n) is 18.6. The summed E-state index contributed by atoms with van der Waals surface area (Å²) in [4.78, 5) is 58.6. The summed E-state index contributed by atoms with van der Waals surface area (Å²) < 4.78 is 5.80. The van der Waals surface area contributed by atoms with Crippen molar-refractivity contribution in [3.63, 3.8) is 0 Å². The number of β-amino-alcohol motifs (C(OH)–C–C–N with tert-alkyl or cyclic N) is 1. The van der Waals surface area contributed by atoms with E-state index in [0.29, 0.717) is 23.6 Å². The Hall–Kier alpha value is -4.04. The number of aliphatic hydroxyl groups excluding tert-OH is 1. The highest BCUT2D eigenvalue weighted by Crippen LogP contribution is 2.30. The van der Waals surface area contributed by atoms with Crippen LogP contribution in [0, 0.1) is 12.3 Å². The fourth-order valence-corrected chi connectivity index (χ4v) is 7.56. The number of thiazole rings is 1. The first-order valence-corrected chi connectivity index (χ1v) is 19.8. The molecule has 14 heteroatoms. The second-order valence-electron chi connectivity index (χ2n) is 15.3. The summed E-state index contributed by atoms with van der Waals surface area (Å²) >= 11 is 7.90. The number of amides is 4. The third-order valence-electron chi connectivity index (χ3n) is 9.59. The number of carbonyl (C=O) groups excluding carboxylic acids is 4. The molecule has 0 radical (unpaired) electrons. The summed E-state index contributed by atoms with van der Waals surface area (Å²) in [6.07, 6.45) is 3.05. The van der Waals surface area contributed by atoms with Gasteiger partial charge >= 0.3 is 0 Å². The minimum Gasteiger partial charge on any atom is -0.492 e. The normalized spacial score (nSPS) is 17.4. The van der Waals surface area contributed by atoms with Crippen LogP contribution in [0.15, 0.2) is 48.0 Å². The van der Waals surface area contributed by atoms with E-state index in [4.69, 9.17) is 27.8 Å². The molecule has 4 rings (SSSR count). The number of carbonyl (C=O) groups is 4. The maximum atomic E-state index is 14.0. The molecule has 54 heavy (non-hydrogen) atoms. The van der Waals surface area contributed by atoms with Crippen LogP contribution in [-0.4, -0.2) is 76.0 Å². The van der Waals surface area contributed by atoms with E-state index >= 15 is 0 Å². The molecule has 1 aliphatic heterocycles. The van der Waals surface area contributed by atoms with Crippen LogP contribution in [0.25, 0.3) is 10.4 Å². The Labute approximate surface area is 327 Å². The lowest BCUT2D eigenvalue weighted by molar-refractivity contribution is -0.144. The lowest BCUT2D eigenvalue weighted by atomic mass is 9.85. The number of halogens is 1. The molecule has 0 aliphatic carbocycles. The van der Waals surface area contributed by atoms with E-state index in [1.807, 2.05) is 76.5 Å². The van der Waals surface area contributed by atoms with Gasteiger partial charge in [-0.1, -0.05) is 63.1 Å². The van der Waals surface area contributed by atoms with E-state index in [1.54, 1.807) is 17.4 Å². The number of aromatic nitrogens is 1. The third kappa shape index (κ3) is 12.5. The van der Waals surface area contributed by atoms with E-state index in [1.165, 1.54) is 4.90 Å². The van der Waals surface area contributed by atoms with Crippen LogP contribution < -0.4 is 26.8 Å². The Balaban J connectivity index is 1.27. The summed E-state index contributed by atoms with van der Waals surface area (Å²) in [5, 5.41) is 17.1. The summed E-state index contributed by atoms with van der Waals surface area (Å²) in [5.74, 6) is -0.800. The van der Waals surface area contributed by atoms with Crippen LogP contribution in [0.5, 0.6) is 5.75 Å². The highest BCUT2D eigenvalue weighted by atomic mass is 35.5.